The lowest BCUT2D eigenvalue weighted by atomic mass is 10.3. The number of allylic oxidation sites excluding steroid dienone is 1. The van der Waals surface area contributed by atoms with Gasteiger partial charge in [0, 0.05) is 17.5 Å². The average Bonchev–Trinajstić information content (AvgIpc) is 2.19. The highest BCUT2D eigenvalue weighted by molar-refractivity contribution is 5.83. The number of hydrogen-bond acceptors (Lipinski definition) is 3. The van der Waals surface area contributed by atoms with Crippen molar-refractivity contribution >= 4 is 11.7 Å². The molecule has 0 aliphatic rings. The minimum Gasteiger partial charge on any atom is -0.463 e. The summed E-state index contributed by atoms with van der Waals surface area (Å²) in [5.74, 6) is -0.321. The monoisotopic (exact) mass is 205 g/mol. The molecule has 0 saturated carbocycles. The van der Waals surface area contributed by atoms with Crippen LogP contribution >= 0.6 is 0 Å². The molecule has 0 atom stereocenters. The van der Waals surface area contributed by atoms with Crippen LogP contribution in [0.5, 0.6) is 0 Å². The topological polar surface area (TPSA) is 38.3 Å². The second kappa shape index (κ2) is 5.86. The predicted molar refractivity (Wildman–Crippen MR) is 60.5 cm³/mol. The van der Waals surface area contributed by atoms with Gasteiger partial charge in [-0.15, -0.1) is 0 Å². The van der Waals surface area contributed by atoms with Gasteiger partial charge in [-0.1, -0.05) is 18.2 Å². The van der Waals surface area contributed by atoms with E-state index in [1.54, 1.807) is 6.92 Å². The Kier molecular flexibility index (Phi) is 4.41. The minimum absolute atomic E-state index is 0.321. The Morgan fingerprint density at radius 1 is 1.40 bits per heavy atom. The maximum absolute atomic E-state index is 11.1. The number of benzene rings is 1. The Hall–Kier alpha value is -1.77. The van der Waals surface area contributed by atoms with Crippen LogP contribution in [0.1, 0.15) is 13.8 Å². The number of anilines is 1. The van der Waals surface area contributed by atoms with Gasteiger partial charge in [0.25, 0.3) is 0 Å². The second-order valence-corrected chi connectivity index (χ2v) is 3.07. The summed E-state index contributed by atoms with van der Waals surface area (Å²) in [7, 11) is 0. The van der Waals surface area contributed by atoms with E-state index in [0.717, 1.165) is 11.4 Å². The van der Waals surface area contributed by atoms with Gasteiger partial charge in [-0.3, -0.25) is 0 Å². The molecule has 0 saturated heterocycles. The fourth-order valence-corrected chi connectivity index (χ4v) is 1.15. The molecular formula is C12H15NO2. The van der Waals surface area contributed by atoms with Crippen LogP contribution in [0.4, 0.5) is 5.69 Å². The van der Waals surface area contributed by atoms with Crippen LogP contribution in [0.15, 0.2) is 42.1 Å². The van der Waals surface area contributed by atoms with Crippen molar-refractivity contribution in [3.63, 3.8) is 0 Å². The lowest BCUT2D eigenvalue weighted by Gasteiger charge is -2.05. The molecule has 0 amide bonds. The van der Waals surface area contributed by atoms with E-state index in [2.05, 4.69) is 5.32 Å². The maximum Gasteiger partial charge on any atom is 0.332 e. The van der Waals surface area contributed by atoms with Gasteiger partial charge in [0.15, 0.2) is 0 Å². The zero-order valence-electron chi connectivity index (χ0n) is 8.99. The molecule has 1 rings (SSSR count). The van der Waals surface area contributed by atoms with Crippen molar-refractivity contribution in [2.45, 2.75) is 13.8 Å². The number of carbonyl (C=O) groups is 1. The van der Waals surface area contributed by atoms with Crippen molar-refractivity contribution in [3.8, 4) is 0 Å². The van der Waals surface area contributed by atoms with E-state index in [9.17, 15) is 4.79 Å². The molecule has 0 radical (unpaired) electrons. The Morgan fingerprint density at radius 3 is 2.67 bits per heavy atom. The summed E-state index contributed by atoms with van der Waals surface area (Å²) in [6.07, 6.45) is 1.44. The molecule has 0 fully saturated rings. The van der Waals surface area contributed by atoms with Crippen LogP contribution in [0.25, 0.3) is 0 Å². The highest BCUT2D eigenvalue weighted by atomic mass is 16.5. The van der Waals surface area contributed by atoms with Crippen molar-refractivity contribution < 1.29 is 9.53 Å². The van der Waals surface area contributed by atoms with E-state index in [4.69, 9.17) is 4.74 Å². The highest BCUT2D eigenvalue weighted by Gasteiger charge is 1.97. The summed E-state index contributed by atoms with van der Waals surface area (Å²) in [5, 5.41) is 3.09. The number of para-hydroxylation sites is 1. The highest BCUT2D eigenvalue weighted by Crippen LogP contribution is 2.08. The van der Waals surface area contributed by atoms with Crippen molar-refractivity contribution in [3.05, 3.63) is 42.1 Å². The molecule has 0 heterocycles. The summed E-state index contributed by atoms with van der Waals surface area (Å²) >= 11 is 0. The van der Waals surface area contributed by atoms with E-state index in [1.807, 2.05) is 37.3 Å². The predicted octanol–water partition coefficient (Wildman–Crippen LogP) is 2.57. The van der Waals surface area contributed by atoms with Gasteiger partial charge in [0.05, 0.1) is 6.61 Å². The fraction of sp³-hybridized carbons (Fsp3) is 0.250. The van der Waals surface area contributed by atoms with Crippen molar-refractivity contribution in [1.29, 1.82) is 0 Å². The number of esters is 1. The first-order valence-corrected chi connectivity index (χ1v) is 4.89. The van der Waals surface area contributed by atoms with Crippen molar-refractivity contribution in [2.75, 3.05) is 11.9 Å². The normalized spacial score (nSPS) is 10.9. The molecule has 0 unspecified atom stereocenters. The molecule has 1 aromatic carbocycles. The van der Waals surface area contributed by atoms with Crippen LogP contribution in [-0.4, -0.2) is 12.6 Å². The first-order valence-electron chi connectivity index (χ1n) is 4.89. The number of hydrogen-bond donors (Lipinski definition) is 1. The largest absolute Gasteiger partial charge is 0.463 e. The lowest BCUT2D eigenvalue weighted by molar-refractivity contribution is -0.137. The Morgan fingerprint density at radius 2 is 2.07 bits per heavy atom. The van der Waals surface area contributed by atoms with Gasteiger partial charge < -0.3 is 10.1 Å². The van der Waals surface area contributed by atoms with E-state index >= 15 is 0 Å². The fourth-order valence-electron chi connectivity index (χ4n) is 1.15. The zero-order chi connectivity index (χ0) is 11.1. The summed E-state index contributed by atoms with van der Waals surface area (Å²) in [5.41, 5.74) is 1.72. The third-order valence-electron chi connectivity index (χ3n) is 1.74. The molecule has 0 bridgehead atoms. The molecule has 15 heavy (non-hydrogen) atoms. The second-order valence-electron chi connectivity index (χ2n) is 3.07. The van der Waals surface area contributed by atoms with Gasteiger partial charge in [0.1, 0.15) is 0 Å². The standard InChI is InChI=1S/C12H15NO2/c1-3-15-12(14)9-10(2)13-11-7-5-4-6-8-11/h4-9,13H,3H2,1-2H3/b10-9-. The number of nitrogens with one attached hydrogen (secondary N) is 1. The number of rotatable bonds is 4. The van der Waals surface area contributed by atoms with Gasteiger partial charge in [-0.25, -0.2) is 4.79 Å². The first kappa shape index (κ1) is 11.3. The molecule has 0 aromatic heterocycles. The minimum atomic E-state index is -0.321. The smallest absolute Gasteiger partial charge is 0.332 e. The molecule has 0 aliphatic carbocycles. The quantitative estimate of drug-likeness (QED) is 0.606. The first-order chi connectivity index (χ1) is 7.22. The third-order valence-corrected chi connectivity index (χ3v) is 1.74. The molecular weight excluding hydrogens is 190 g/mol. The molecule has 3 heteroatoms. The van der Waals surface area contributed by atoms with Crippen molar-refractivity contribution in [2.24, 2.45) is 0 Å². The SMILES string of the molecule is CCOC(=O)/C=C(/C)Nc1ccccc1. The van der Waals surface area contributed by atoms with Gasteiger partial charge in [-0.05, 0) is 26.0 Å². The molecule has 0 spiro atoms. The molecule has 80 valence electrons. The van der Waals surface area contributed by atoms with E-state index < -0.39 is 0 Å². The summed E-state index contributed by atoms with van der Waals surface area (Å²) in [6.45, 7) is 4.00. The molecule has 0 aliphatic heterocycles. The molecule has 1 N–H and O–H groups in total. The van der Waals surface area contributed by atoms with Crippen molar-refractivity contribution in [1.82, 2.24) is 0 Å². The summed E-state index contributed by atoms with van der Waals surface area (Å²) in [4.78, 5) is 11.1. The average molecular weight is 205 g/mol. The summed E-state index contributed by atoms with van der Waals surface area (Å²) < 4.78 is 4.79. The Balaban J connectivity index is 2.55. The Labute approximate surface area is 89.8 Å². The number of ether oxygens (including phenoxy) is 1. The zero-order valence-corrected chi connectivity index (χ0v) is 8.99. The summed E-state index contributed by atoms with van der Waals surface area (Å²) in [6, 6.07) is 9.67. The maximum atomic E-state index is 11.1. The molecule has 3 nitrogen and oxygen atoms in total. The number of carbonyl (C=O) groups excluding carboxylic acids is 1. The van der Waals surface area contributed by atoms with Gasteiger partial charge >= 0.3 is 5.97 Å². The van der Waals surface area contributed by atoms with E-state index in [0.29, 0.717) is 6.61 Å². The van der Waals surface area contributed by atoms with Gasteiger partial charge in [0.2, 0.25) is 0 Å². The third kappa shape index (κ3) is 4.31. The molecule has 1 aromatic rings. The van der Waals surface area contributed by atoms with Crippen LogP contribution in [0, 0.1) is 0 Å². The van der Waals surface area contributed by atoms with Gasteiger partial charge in [-0.2, -0.15) is 0 Å². The lowest BCUT2D eigenvalue weighted by Crippen LogP contribution is -2.04. The van der Waals surface area contributed by atoms with Crippen LogP contribution in [-0.2, 0) is 9.53 Å². The van der Waals surface area contributed by atoms with Crippen LogP contribution in [0.2, 0.25) is 0 Å². The van der Waals surface area contributed by atoms with Crippen LogP contribution < -0.4 is 5.32 Å². The van der Waals surface area contributed by atoms with E-state index in [-0.39, 0.29) is 5.97 Å². The van der Waals surface area contributed by atoms with Crippen LogP contribution in [0.3, 0.4) is 0 Å². The van der Waals surface area contributed by atoms with E-state index in [1.165, 1.54) is 6.08 Å². The Bertz CT molecular complexity index is 344.